The van der Waals surface area contributed by atoms with Crippen LogP contribution in [0.4, 0.5) is 0 Å². The molecule has 8 nitrogen and oxygen atoms in total. The van der Waals surface area contributed by atoms with E-state index in [4.69, 9.17) is 0 Å². The molecule has 0 atom stereocenters. The first kappa shape index (κ1) is 22.3. The third kappa shape index (κ3) is 3.71. The Bertz CT molecular complexity index is 1780. The van der Waals surface area contributed by atoms with Crippen LogP contribution in [0.3, 0.4) is 0 Å². The van der Waals surface area contributed by atoms with Crippen molar-refractivity contribution in [3.05, 3.63) is 94.8 Å². The summed E-state index contributed by atoms with van der Waals surface area (Å²) >= 11 is 0. The average Bonchev–Trinajstić information content (AvgIpc) is 2.85. The van der Waals surface area contributed by atoms with Gasteiger partial charge >= 0.3 is 0 Å². The molecule has 9 heteroatoms. The van der Waals surface area contributed by atoms with Crippen molar-refractivity contribution in [3.8, 4) is 23.0 Å². The van der Waals surface area contributed by atoms with Gasteiger partial charge in [0.05, 0.1) is 27.2 Å². The Morgan fingerprint density at radius 1 is 0.629 bits per heavy atom. The highest BCUT2D eigenvalue weighted by molar-refractivity contribution is 7.91. The molecule has 0 aliphatic rings. The van der Waals surface area contributed by atoms with Crippen molar-refractivity contribution in [2.24, 2.45) is 0 Å². The van der Waals surface area contributed by atoms with Gasteiger partial charge in [0, 0.05) is 16.8 Å². The molecule has 0 aliphatic heterocycles. The van der Waals surface area contributed by atoms with Gasteiger partial charge in [-0.3, -0.25) is 4.79 Å². The Kier molecular flexibility index (Phi) is 5.14. The number of nitrogens with zero attached hydrogens (tertiary/aromatic N) is 1. The largest absolute Gasteiger partial charge is 0.504 e. The van der Waals surface area contributed by atoms with Crippen molar-refractivity contribution < 1.29 is 28.8 Å². The summed E-state index contributed by atoms with van der Waals surface area (Å²) in [5.41, 5.74) is 0.382. The monoisotopic (exact) mass is 489 g/mol. The smallest absolute Gasteiger partial charge is 0.259 e. The van der Waals surface area contributed by atoms with Crippen LogP contribution in [0.15, 0.2) is 93.4 Å². The zero-order chi connectivity index (χ0) is 24.9. The maximum atomic E-state index is 13.3. The van der Waals surface area contributed by atoms with E-state index in [0.29, 0.717) is 10.9 Å². The van der Waals surface area contributed by atoms with E-state index in [1.807, 2.05) is 0 Å². The number of rotatable bonds is 4. The summed E-state index contributed by atoms with van der Waals surface area (Å²) in [6.45, 7) is 0.0167. The highest BCUT2D eigenvalue weighted by atomic mass is 32.2. The van der Waals surface area contributed by atoms with E-state index in [2.05, 4.69) is 0 Å². The normalized spacial score (nSPS) is 11.8. The molecule has 0 radical (unpaired) electrons. The van der Waals surface area contributed by atoms with Crippen LogP contribution in [0.1, 0.15) is 5.56 Å². The summed E-state index contributed by atoms with van der Waals surface area (Å²) < 4.78 is 27.1. The number of phenols is 4. The summed E-state index contributed by atoms with van der Waals surface area (Å²) in [7, 11) is -3.70. The van der Waals surface area contributed by atoms with E-state index in [9.17, 15) is 33.6 Å². The van der Waals surface area contributed by atoms with Crippen molar-refractivity contribution in [1.82, 2.24) is 4.57 Å². The van der Waals surface area contributed by atoms with E-state index in [-0.39, 0.29) is 32.6 Å². The predicted octanol–water partition coefficient (Wildman–Crippen LogP) is 3.86. The molecular weight excluding hydrogens is 470 g/mol. The number of benzene rings is 4. The first-order valence-electron chi connectivity index (χ1n) is 10.5. The summed E-state index contributed by atoms with van der Waals surface area (Å²) in [6, 6.07) is 19.0. The maximum Gasteiger partial charge on any atom is 0.259 e. The highest BCUT2D eigenvalue weighted by Gasteiger charge is 2.19. The van der Waals surface area contributed by atoms with Crippen LogP contribution in [0.5, 0.6) is 23.0 Å². The van der Waals surface area contributed by atoms with Gasteiger partial charge in [0.25, 0.3) is 5.56 Å². The summed E-state index contributed by atoms with van der Waals surface area (Å²) in [5.74, 6) is -1.75. The minimum absolute atomic E-state index is 0.0167. The Labute approximate surface area is 199 Å². The van der Waals surface area contributed by atoms with Gasteiger partial charge in [0.2, 0.25) is 9.84 Å². The van der Waals surface area contributed by atoms with E-state index < -0.39 is 38.4 Å². The zero-order valence-electron chi connectivity index (χ0n) is 18.1. The Balaban J connectivity index is 1.65. The molecule has 176 valence electrons. The Morgan fingerprint density at radius 3 is 1.77 bits per heavy atom. The van der Waals surface area contributed by atoms with Crippen LogP contribution < -0.4 is 5.56 Å². The number of hydrogen-bond acceptors (Lipinski definition) is 7. The topological polar surface area (TPSA) is 137 Å². The first-order valence-corrected chi connectivity index (χ1v) is 12.0. The molecule has 1 aromatic heterocycles. The third-order valence-corrected chi connectivity index (χ3v) is 7.68. The Morgan fingerprint density at radius 2 is 1.14 bits per heavy atom. The van der Waals surface area contributed by atoms with Crippen LogP contribution in [0, 0.1) is 0 Å². The fourth-order valence-corrected chi connectivity index (χ4v) is 5.37. The summed E-state index contributed by atoms with van der Waals surface area (Å²) in [4.78, 5) is 13.6. The molecule has 4 aromatic carbocycles. The standard InChI is InChI=1S/C26H19NO7S/c28-22-10-18-19-11-23(29)25(31)13-21(19)27(26(32)20(18)12-24(22)30)14-15-6-8-17(9-7-15)35(33,34)16-4-2-1-3-5-16/h1-13,28-31H,14H2. The van der Waals surface area contributed by atoms with Crippen molar-refractivity contribution in [2.75, 3.05) is 0 Å². The molecule has 4 N–H and O–H groups in total. The molecule has 0 saturated carbocycles. The SMILES string of the molecule is O=c1c2cc(O)c(O)cc2c2cc(O)c(O)cc2n1Cc1ccc(S(=O)(=O)c2ccccc2)cc1. The lowest BCUT2D eigenvalue weighted by molar-refractivity contribution is 0.404. The zero-order valence-corrected chi connectivity index (χ0v) is 18.9. The molecule has 5 rings (SSSR count). The van der Waals surface area contributed by atoms with Gasteiger partial charge in [0.15, 0.2) is 23.0 Å². The van der Waals surface area contributed by atoms with E-state index >= 15 is 0 Å². The molecule has 0 bridgehead atoms. The second-order valence-electron chi connectivity index (χ2n) is 8.10. The minimum atomic E-state index is -3.70. The molecule has 0 saturated heterocycles. The van der Waals surface area contributed by atoms with Gasteiger partial charge in [-0.1, -0.05) is 30.3 Å². The number of aromatic hydroxyl groups is 4. The van der Waals surface area contributed by atoms with Crippen LogP contribution in [-0.4, -0.2) is 33.4 Å². The molecule has 35 heavy (non-hydrogen) atoms. The van der Waals surface area contributed by atoms with E-state index in [1.54, 1.807) is 30.3 Å². The molecule has 0 amide bonds. The second kappa shape index (κ2) is 8.07. The molecule has 0 unspecified atom stereocenters. The Hall–Kier alpha value is -4.50. The molecule has 0 spiro atoms. The van der Waals surface area contributed by atoms with Gasteiger partial charge < -0.3 is 25.0 Å². The lowest BCUT2D eigenvalue weighted by Crippen LogP contribution is -2.21. The molecule has 0 fully saturated rings. The van der Waals surface area contributed by atoms with Crippen LogP contribution in [0.25, 0.3) is 21.7 Å². The van der Waals surface area contributed by atoms with Gasteiger partial charge in [0.1, 0.15) is 0 Å². The molecule has 5 aromatic rings. The highest BCUT2D eigenvalue weighted by Crippen LogP contribution is 2.37. The van der Waals surface area contributed by atoms with Crippen molar-refractivity contribution >= 4 is 31.5 Å². The molecule has 0 aliphatic carbocycles. The number of fused-ring (bicyclic) bond motifs is 3. The van der Waals surface area contributed by atoms with Crippen LogP contribution in [0.2, 0.25) is 0 Å². The molecule has 1 heterocycles. The van der Waals surface area contributed by atoms with E-state index in [1.165, 1.54) is 47.0 Å². The third-order valence-electron chi connectivity index (χ3n) is 5.89. The van der Waals surface area contributed by atoms with Gasteiger partial charge in [-0.2, -0.15) is 0 Å². The van der Waals surface area contributed by atoms with E-state index in [0.717, 1.165) is 6.07 Å². The molecular formula is C26H19NO7S. The lowest BCUT2D eigenvalue weighted by Gasteiger charge is -2.15. The summed E-state index contributed by atoms with van der Waals surface area (Å²) in [6.07, 6.45) is 0. The van der Waals surface area contributed by atoms with Crippen LogP contribution >= 0.6 is 0 Å². The second-order valence-corrected chi connectivity index (χ2v) is 10.0. The van der Waals surface area contributed by atoms with Crippen LogP contribution in [-0.2, 0) is 16.4 Å². The van der Waals surface area contributed by atoms with Gasteiger partial charge in [-0.05, 0) is 48.0 Å². The number of pyridine rings is 1. The maximum absolute atomic E-state index is 13.3. The predicted molar refractivity (Wildman–Crippen MR) is 130 cm³/mol. The fraction of sp³-hybridized carbons (Fsp3) is 0.0385. The lowest BCUT2D eigenvalue weighted by atomic mass is 10.0. The van der Waals surface area contributed by atoms with Crippen molar-refractivity contribution in [3.63, 3.8) is 0 Å². The number of phenolic OH excluding ortho intramolecular Hbond substituents is 4. The fourth-order valence-electron chi connectivity index (χ4n) is 4.09. The summed E-state index contributed by atoms with van der Waals surface area (Å²) in [5, 5.41) is 40.8. The number of sulfone groups is 1. The number of aromatic nitrogens is 1. The average molecular weight is 490 g/mol. The van der Waals surface area contributed by atoms with Crippen molar-refractivity contribution in [1.29, 1.82) is 0 Å². The number of hydrogen-bond donors (Lipinski definition) is 4. The van der Waals surface area contributed by atoms with Gasteiger partial charge in [-0.25, -0.2) is 8.42 Å². The minimum Gasteiger partial charge on any atom is -0.504 e. The first-order chi connectivity index (χ1) is 16.7. The quantitative estimate of drug-likeness (QED) is 0.222. The van der Waals surface area contributed by atoms with Crippen molar-refractivity contribution in [2.45, 2.75) is 16.3 Å². The van der Waals surface area contributed by atoms with Gasteiger partial charge in [-0.15, -0.1) is 0 Å².